The molecule has 0 aliphatic heterocycles. The average Bonchev–Trinajstić information content (AvgIpc) is 2.41. The molecule has 0 aromatic heterocycles. The molecule has 0 radical (unpaired) electrons. The van der Waals surface area contributed by atoms with Gasteiger partial charge in [0.1, 0.15) is 11.5 Å². The van der Waals surface area contributed by atoms with Gasteiger partial charge in [-0.2, -0.15) is 11.8 Å². The molecule has 20 heavy (non-hydrogen) atoms. The van der Waals surface area contributed by atoms with Gasteiger partial charge in [-0.15, -0.1) is 0 Å². The lowest BCUT2D eigenvalue weighted by molar-refractivity contribution is -0.384. The Morgan fingerprint density at radius 2 is 2.40 bits per heavy atom. The fraction of sp³-hybridized carbons (Fsp3) is 0.538. The van der Waals surface area contributed by atoms with Crippen molar-refractivity contribution < 1.29 is 14.4 Å². The zero-order valence-electron chi connectivity index (χ0n) is 11.1. The van der Waals surface area contributed by atoms with Crippen molar-refractivity contribution >= 4 is 23.1 Å². The summed E-state index contributed by atoms with van der Waals surface area (Å²) in [6, 6.07) is 3.38. The molecule has 1 aromatic carbocycles. The van der Waals surface area contributed by atoms with E-state index < -0.39 is 16.3 Å². The molecule has 1 fully saturated rings. The lowest BCUT2D eigenvalue weighted by atomic mass is 9.79. The van der Waals surface area contributed by atoms with E-state index in [1.807, 2.05) is 6.92 Å². The molecule has 110 valence electrons. The second kappa shape index (κ2) is 5.97. The van der Waals surface area contributed by atoms with Crippen LogP contribution in [-0.2, 0) is 0 Å². The second-order valence-electron chi connectivity index (χ2n) is 4.86. The SMILES string of the molecule is CCSC1CCC1(O)CNc1ccc(F)cc1[N+](=O)[O-]. The number of nitrogens with zero attached hydrogens (tertiary/aromatic N) is 1. The van der Waals surface area contributed by atoms with E-state index in [1.165, 1.54) is 12.1 Å². The Labute approximate surface area is 120 Å². The standard InChI is InChI=1S/C13H17FN2O3S/c1-2-20-12-5-6-13(12,17)8-15-10-4-3-9(14)7-11(10)16(18)19/h3-4,7,12,15,17H,2,5-6,8H2,1H3. The summed E-state index contributed by atoms with van der Waals surface area (Å²) in [5.74, 6) is 0.271. The lowest BCUT2D eigenvalue weighted by Crippen LogP contribution is -2.54. The number of nitrogens with one attached hydrogen (secondary N) is 1. The van der Waals surface area contributed by atoms with Crippen LogP contribution in [0.5, 0.6) is 0 Å². The van der Waals surface area contributed by atoms with Gasteiger partial charge < -0.3 is 10.4 Å². The largest absolute Gasteiger partial charge is 0.387 e. The van der Waals surface area contributed by atoms with Gasteiger partial charge in [-0.1, -0.05) is 6.92 Å². The summed E-state index contributed by atoms with van der Waals surface area (Å²) in [5.41, 5.74) is -0.923. The van der Waals surface area contributed by atoms with Crippen molar-refractivity contribution in [2.45, 2.75) is 30.6 Å². The van der Waals surface area contributed by atoms with E-state index in [2.05, 4.69) is 5.32 Å². The molecule has 2 rings (SSSR count). The third-order valence-corrected chi connectivity index (χ3v) is 4.96. The van der Waals surface area contributed by atoms with Crippen LogP contribution in [-0.4, -0.2) is 33.2 Å². The highest BCUT2D eigenvalue weighted by Gasteiger charge is 2.45. The number of anilines is 1. The van der Waals surface area contributed by atoms with Gasteiger partial charge in [0.25, 0.3) is 5.69 Å². The van der Waals surface area contributed by atoms with Crippen LogP contribution in [0, 0.1) is 15.9 Å². The Morgan fingerprint density at radius 1 is 1.65 bits per heavy atom. The number of rotatable bonds is 6. The van der Waals surface area contributed by atoms with Crippen molar-refractivity contribution in [2.75, 3.05) is 17.6 Å². The van der Waals surface area contributed by atoms with Gasteiger partial charge in [0.15, 0.2) is 0 Å². The van der Waals surface area contributed by atoms with Crippen LogP contribution in [0.2, 0.25) is 0 Å². The zero-order valence-corrected chi connectivity index (χ0v) is 12.0. The lowest BCUT2D eigenvalue weighted by Gasteiger charge is -2.45. The molecule has 1 saturated carbocycles. The van der Waals surface area contributed by atoms with E-state index in [4.69, 9.17) is 0 Å². The Bertz CT molecular complexity index is 514. The van der Waals surface area contributed by atoms with Gasteiger partial charge in [0.2, 0.25) is 0 Å². The molecule has 1 aliphatic carbocycles. The van der Waals surface area contributed by atoms with Gasteiger partial charge >= 0.3 is 0 Å². The third-order valence-electron chi connectivity index (χ3n) is 3.55. The van der Waals surface area contributed by atoms with E-state index in [0.29, 0.717) is 6.42 Å². The summed E-state index contributed by atoms with van der Waals surface area (Å²) in [4.78, 5) is 10.3. The Kier molecular flexibility index (Phi) is 4.49. The van der Waals surface area contributed by atoms with Crippen molar-refractivity contribution in [1.29, 1.82) is 0 Å². The van der Waals surface area contributed by atoms with Gasteiger partial charge in [-0.05, 0) is 30.7 Å². The summed E-state index contributed by atoms with van der Waals surface area (Å²) >= 11 is 1.69. The number of thioether (sulfide) groups is 1. The van der Waals surface area contributed by atoms with E-state index in [1.54, 1.807) is 11.8 Å². The number of nitro benzene ring substituents is 1. The highest BCUT2D eigenvalue weighted by molar-refractivity contribution is 8.00. The van der Waals surface area contributed by atoms with Crippen molar-refractivity contribution in [3.63, 3.8) is 0 Å². The van der Waals surface area contributed by atoms with Crippen molar-refractivity contribution in [3.05, 3.63) is 34.1 Å². The quantitative estimate of drug-likeness (QED) is 0.624. The molecule has 1 aromatic rings. The van der Waals surface area contributed by atoms with Crippen LogP contribution in [0.3, 0.4) is 0 Å². The predicted molar refractivity (Wildman–Crippen MR) is 77.6 cm³/mol. The van der Waals surface area contributed by atoms with Crippen LogP contribution in [0.1, 0.15) is 19.8 Å². The molecular formula is C13H17FN2O3S. The molecular weight excluding hydrogens is 283 g/mol. The van der Waals surface area contributed by atoms with Crippen molar-refractivity contribution in [1.82, 2.24) is 0 Å². The molecule has 0 bridgehead atoms. The predicted octanol–water partition coefficient (Wildman–Crippen LogP) is 2.79. The van der Waals surface area contributed by atoms with Gasteiger partial charge in [-0.3, -0.25) is 10.1 Å². The first kappa shape index (κ1) is 15.1. The molecule has 2 unspecified atom stereocenters. The topological polar surface area (TPSA) is 75.4 Å². The molecule has 0 saturated heterocycles. The number of hydrogen-bond acceptors (Lipinski definition) is 5. The van der Waals surface area contributed by atoms with E-state index in [0.717, 1.165) is 18.2 Å². The zero-order chi connectivity index (χ0) is 14.8. The van der Waals surface area contributed by atoms with E-state index in [-0.39, 0.29) is 23.2 Å². The third kappa shape index (κ3) is 3.04. The summed E-state index contributed by atoms with van der Waals surface area (Å²) in [5, 5.41) is 24.3. The van der Waals surface area contributed by atoms with E-state index >= 15 is 0 Å². The molecule has 0 amide bonds. The minimum absolute atomic E-state index is 0.152. The van der Waals surface area contributed by atoms with Crippen LogP contribution in [0.4, 0.5) is 15.8 Å². The molecule has 0 heterocycles. The molecule has 7 heteroatoms. The van der Waals surface area contributed by atoms with Gasteiger partial charge in [-0.25, -0.2) is 4.39 Å². The first-order valence-electron chi connectivity index (χ1n) is 6.48. The van der Waals surface area contributed by atoms with Gasteiger partial charge in [0.05, 0.1) is 16.6 Å². The second-order valence-corrected chi connectivity index (χ2v) is 6.34. The molecule has 0 spiro atoms. The van der Waals surface area contributed by atoms with E-state index in [9.17, 15) is 19.6 Å². The molecule has 2 N–H and O–H groups in total. The monoisotopic (exact) mass is 300 g/mol. The highest BCUT2D eigenvalue weighted by Crippen LogP contribution is 2.41. The molecule has 1 aliphatic rings. The van der Waals surface area contributed by atoms with Crippen molar-refractivity contribution in [2.24, 2.45) is 0 Å². The maximum Gasteiger partial charge on any atom is 0.295 e. The first-order valence-corrected chi connectivity index (χ1v) is 7.53. The fourth-order valence-electron chi connectivity index (χ4n) is 2.29. The summed E-state index contributed by atoms with van der Waals surface area (Å²) < 4.78 is 13.0. The highest BCUT2D eigenvalue weighted by atomic mass is 32.2. The number of benzene rings is 1. The summed E-state index contributed by atoms with van der Waals surface area (Å²) in [6.45, 7) is 2.26. The molecule has 5 nitrogen and oxygen atoms in total. The average molecular weight is 300 g/mol. The number of nitro groups is 1. The molecule has 2 atom stereocenters. The van der Waals surface area contributed by atoms with Crippen LogP contribution >= 0.6 is 11.8 Å². The number of hydrogen-bond donors (Lipinski definition) is 2. The van der Waals surface area contributed by atoms with Crippen LogP contribution in [0.25, 0.3) is 0 Å². The fourth-order valence-corrected chi connectivity index (χ4v) is 3.49. The Morgan fingerprint density at radius 3 is 2.95 bits per heavy atom. The smallest absolute Gasteiger partial charge is 0.295 e. The first-order chi connectivity index (χ1) is 9.46. The Hall–Kier alpha value is -1.34. The van der Waals surface area contributed by atoms with Crippen LogP contribution in [0.15, 0.2) is 18.2 Å². The van der Waals surface area contributed by atoms with Crippen LogP contribution < -0.4 is 5.32 Å². The minimum atomic E-state index is -0.844. The maximum absolute atomic E-state index is 13.0. The summed E-state index contributed by atoms with van der Waals surface area (Å²) in [7, 11) is 0. The minimum Gasteiger partial charge on any atom is -0.387 e. The van der Waals surface area contributed by atoms with Gasteiger partial charge in [0, 0.05) is 11.8 Å². The normalized spacial score (nSPS) is 25.1. The Balaban J connectivity index is 2.06. The number of halogens is 1. The summed E-state index contributed by atoms with van der Waals surface area (Å²) in [6.07, 6.45) is 1.62. The van der Waals surface area contributed by atoms with Crippen molar-refractivity contribution in [3.8, 4) is 0 Å². The number of aliphatic hydroxyl groups is 1. The maximum atomic E-state index is 13.0.